The second-order valence-electron chi connectivity index (χ2n) is 12.1. The molecule has 0 saturated heterocycles. The van der Waals surface area contributed by atoms with Crippen molar-refractivity contribution in [3.05, 3.63) is 23.3 Å². The summed E-state index contributed by atoms with van der Waals surface area (Å²) < 4.78 is 29.6. The third-order valence-electron chi connectivity index (χ3n) is 8.77. The first-order chi connectivity index (χ1) is 18.4. The number of carbonyl (C=O) groups excluding carboxylic acids is 5. The molecule has 0 aromatic heterocycles. The molecule has 0 amide bonds. The fourth-order valence-electron chi connectivity index (χ4n) is 7.65. The Hall–Kier alpha value is -3.17. The fourth-order valence-corrected chi connectivity index (χ4v) is 7.65. The summed E-state index contributed by atoms with van der Waals surface area (Å²) in [5.74, 6) is -3.98. The summed E-state index contributed by atoms with van der Waals surface area (Å²) in [6, 6.07) is 0. The second-order valence-corrected chi connectivity index (χ2v) is 12.1. The van der Waals surface area contributed by atoms with Gasteiger partial charge in [0.15, 0.2) is 6.10 Å². The quantitative estimate of drug-likeness (QED) is 0.275. The maximum absolute atomic E-state index is 12.7. The van der Waals surface area contributed by atoms with Gasteiger partial charge in [-0.2, -0.15) is 0 Å². The molecule has 0 spiro atoms. The van der Waals surface area contributed by atoms with Gasteiger partial charge in [0.25, 0.3) is 0 Å². The van der Waals surface area contributed by atoms with Gasteiger partial charge in [0, 0.05) is 58.3 Å². The van der Waals surface area contributed by atoms with E-state index in [9.17, 15) is 24.0 Å². The molecule has 3 aliphatic rings. The molecule has 2 fully saturated rings. The normalized spacial score (nSPS) is 34.8. The van der Waals surface area contributed by atoms with Crippen LogP contribution in [-0.4, -0.2) is 60.4 Å². The van der Waals surface area contributed by atoms with Crippen LogP contribution in [0.2, 0.25) is 0 Å². The Labute approximate surface area is 235 Å². The van der Waals surface area contributed by atoms with Gasteiger partial charge in [-0.1, -0.05) is 32.9 Å². The fraction of sp³-hybridized carbons (Fsp3) is 0.700. The monoisotopic (exact) mass is 562 g/mol. The molecule has 2 bridgehead atoms. The Morgan fingerprint density at radius 1 is 0.775 bits per heavy atom. The van der Waals surface area contributed by atoms with Crippen LogP contribution in [0.15, 0.2) is 23.3 Å². The third kappa shape index (κ3) is 5.81. The molecule has 3 aliphatic carbocycles. The summed E-state index contributed by atoms with van der Waals surface area (Å²) in [5, 5.41) is 0. The summed E-state index contributed by atoms with van der Waals surface area (Å²) in [6.07, 6.45) is -3.23. The van der Waals surface area contributed by atoms with E-state index in [1.54, 1.807) is 0 Å². The topological polar surface area (TPSA) is 132 Å². The molecular formula is C30H42O10. The van der Waals surface area contributed by atoms with E-state index < -0.39 is 83.0 Å². The van der Waals surface area contributed by atoms with Crippen molar-refractivity contribution >= 4 is 29.8 Å². The first kappa shape index (κ1) is 31.4. The number of hydrogen-bond donors (Lipinski definition) is 0. The summed E-state index contributed by atoms with van der Waals surface area (Å²) in [5.41, 5.74) is 0.176. The Balaban J connectivity index is 2.43. The van der Waals surface area contributed by atoms with Crippen molar-refractivity contribution in [3.8, 4) is 0 Å². The molecule has 0 aromatic rings. The minimum atomic E-state index is -0.988. The van der Waals surface area contributed by atoms with Crippen LogP contribution in [-0.2, 0) is 47.7 Å². The van der Waals surface area contributed by atoms with Gasteiger partial charge in [0.05, 0.1) is 0 Å². The lowest BCUT2D eigenvalue weighted by Gasteiger charge is -2.60. The highest BCUT2D eigenvalue weighted by atomic mass is 16.6. The molecule has 0 N–H and O–H groups in total. The summed E-state index contributed by atoms with van der Waals surface area (Å²) in [7, 11) is 0. The first-order valence-electron chi connectivity index (χ1n) is 13.7. The molecule has 0 aliphatic heterocycles. The second kappa shape index (κ2) is 11.4. The molecule has 2 saturated carbocycles. The maximum atomic E-state index is 12.7. The van der Waals surface area contributed by atoms with Crippen LogP contribution >= 0.6 is 0 Å². The zero-order valence-electron chi connectivity index (χ0n) is 25.0. The van der Waals surface area contributed by atoms with Crippen LogP contribution < -0.4 is 0 Å². The van der Waals surface area contributed by atoms with Crippen molar-refractivity contribution in [2.45, 2.75) is 112 Å². The van der Waals surface area contributed by atoms with Crippen molar-refractivity contribution in [1.29, 1.82) is 0 Å². The van der Waals surface area contributed by atoms with Crippen molar-refractivity contribution < 1.29 is 47.7 Å². The van der Waals surface area contributed by atoms with E-state index in [1.165, 1.54) is 34.6 Å². The van der Waals surface area contributed by atoms with Gasteiger partial charge in [0.1, 0.15) is 24.4 Å². The van der Waals surface area contributed by atoms with Crippen molar-refractivity contribution in [1.82, 2.24) is 0 Å². The molecule has 8 unspecified atom stereocenters. The van der Waals surface area contributed by atoms with E-state index >= 15 is 0 Å². The molecule has 0 radical (unpaired) electrons. The average molecular weight is 563 g/mol. The molecule has 3 rings (SSSR count). The van der Waals surface area contributed by atoms with E-state index in [4.69, 9.17) is 23.7 Å². The Kier molecular flexibility index (Phi) is 8.91. The van der Waals surface area contributed by atoms with Crippen molar-refractivity contribution in [2.75, 3.05) is 0 Å². The van der Waals surface area contributed by atoms with Crippen LogP contribution in [0, 0.1) is 22.7 Å². The lowest BCUT2D eigenvalue weighted by atomic mass is 9.49. The smallest absolute Gasteiger partial charge is 0.303 e. The molecular weight excluding hydrogens is 520 g/mol. The Morgan fingerprint density at radius 2 is 1.30 bits per heavy atom. The number of hydrogen-bond acceptors (Lipinski definition) is 10. The van der Waals surface area contributed by atoms with E-state index in [1.807, 2.05) is 27.7 Å². The first-order valence-corrected chi connectivity index (χ1v) is 13.7. The van der Waals surface area contributed by atoms with E-state index in [0.29, 0.717) is 18.4 Å². The summed E-state index contributed by atoms with van der Waals surface area (Å²) in [4.78, 5) is 62.1. The van der Waals surface area contributed by atoms with E-state index in [0.717, 1.165) is 11.1 Å². The molecule has 40 heavy (non-hydrogen) atoms. The predicted molar refractivity (Wildman–Crippen MR) is 142 cm³/mol. The SMILES string of the molecule is C=C1C(OC(C)=O)CCC2(C)C(OC(C)=O)C(OC(C)=O)C3=C(C)CC(OC(C)=O)C(C(OC(C)=O)C12)C3(C)C. The van der Waals surface area contributed by atoms with Gasteiger partial charge < -0.3 is 23.7 Å². The summed E-state index contributed by atoms with van der Waals surface area (Å²) in [6.45, 7) is 18.4. The highest BCUT2D eigenvalue weighted by molar-refractivity contribution is 5.69. The van der Waals surface area contributed by atoms with Crippen LogP contribution in [0.1, 0.15) is 81.6 Å². The molecule has 10 nitrogen and oxygen atoms in total. The van der Waals surface area contributed by atoms with Gasteiger partial charge in [-0.15, -0.1) is 0 Å². The lowest BCUT2D eigenvalue weighted by Crippen LogP contribution is -2.65. The van der Waals surface area contributed by atoms with Crippen molar-refractivity contribution in [2.24, 2.45) is 22.7 Å². The molecule has 222 valence electrons. The predicted octanol–water partition coefficient (Wildman–Crippen LogP) is 3.99. The van der Waals surface area contributed by atoms with Gasteiger partial charge in [-0.25, -0.2) is 0 Å². The van der Waals surface area contributed by atoms with Gasteiger partial charge in [-0.05, 0) is 36.3 Å². The van der Waals surface area contributed by atoms with Gasteiger partial charge >= 0.3 is 29.8 Å². The number of rotatable bonds is 5. The van der Waals surface area contributed by atoms with E-state index in [2.05, 4.69) is 6.58 Å². The largest absolute Gasteiger partial charge is 0.462 e. The summed E-state index contributed by atoms with van der Waals surface area (Å²) >= 11 is 0. The minimum absolute atomic E-state index is 0.286. The molecule has 10 heteroatoms. The average Bonchev–Trinajstić information content (AvgIpc) is 2.76. The van der Waals surface area contributed by atoms with Gasteiger partial charge in [0.2, 0.25) is 0 Å². The van der Waals surface area contributed by atoms with Gasteiger partial charge in [-0.3, -0.25) is 24.0 Å². The van der Waals surface area contributed by atoms with E-state index in [-0.39, 0.29) is 6.42 Å². The number of fused-ring (bicyclic) bond motifs is 3. The molecule has 8 atom stereocenters. The Morgan fingerprint density at radius 3 is 1.80 bits per heavy atom. The molecule has 0 aromatic carbocycles. The van der Waals surface area contributed by atoms with Crippen molar-refractivity contribution in [3.63, 3.8) is 0 Å². The molecule has 0 heterocycles. The maximum Gasteiger partial charge on any atom is 0.303 e. The zero-order valence-corrected chi connectivity index (χ0v) is 25.0. The number of carbonyl (C=O) groups is 5. The number of esters is 5. The standard InChI is InChI=1S/C30H42O10/c1-14-13-22(37-17(4)32)25-26(38-18(5)33)24-15(2)21(36-16(3)31)11-12-30(24,10)28(40-20(7)35)27(39-19(6)34)23(14)29(25,8)9/h21-22,24-28H,2,11-13H2,1,3-10H3. The minimum Gasteiger partial charge on any atom is -0.462 e. The van der Waals surface area contributed by atoms with Crippen LogP contribution in [0.4, 0.5) is 0 Å². The zero-order chi connectivity index (χ0) is 30.3. The number of ether oxygens (including phenoxy) is 5. The highest BCUT2D eigenvalue weighted by Gasteiger charge is 2.65. The van der Waals surface area contributed by atoms with Crippen LogP contribution in [0.3, 0.4) is 0 Å². The lowest BCUT2D eigenvalue weighted by molar-refractivity contribution is -0.211. The van der Waals surface area contributed by atoms with Crippen LogP contribution in [0.25, 0.3) is 0 Å². The van der Waals surface area contributed by atoms with Crippen LogP contribution in [0.5, 0.6) is 0 Å². The third-order valence-corrected chi connectivity index (χ3v) is 8.77. The highest BCUT2D eigenvalue weighted by Crippen LogP contribution is 2.61. The Bertz CT molecular complexity index is 1130.